The fourth-order valence-electron chi connectivity index (χ4n) is 1.84. The third-order valence-corrected chi connectivity index (χ3v) is 3.72. The van der Waals surface area contributed by atoms with E-state index in [2.05, 4.69) is 10.3 Å². The van der Waals surface area contributed by atoms with Gasteiger partial charge < -0.3 is 15.0 Å². The molecule has 0 fully saturated rings. The van der Waals surface area contributed by atoms with Crippen LogP contribution in [0, 0.1) is 0 Å². The average Bonchev–Trinajstić information content (AvgIpc) is 2.46. The standard InChI is InChI=1S/C17H23Cl2N3O3/c1-17(2,3)25-16(24)21-13(15(23)20-10-22(4)5)9-11-7-6-8-12(18)14(11)19/h6-8,10,13H,9H2,1-5H3,(H,21,24). The number of halogens is 2. The van der Waals surface area contributed by atoms with Gasteiger partial charge in [-0.15, -0.1) is 0 Å². The predicted molar refractivity (Wildman–Crippen MR) is 101 cm³/mol. The van der Waals surface area contributed by atoms with Crippen molar-refractivity contribution in [2.24, 2.45) is 4.99 Å². The number of nitrogens with zero attached hydrogens (tertiary/aromatic N) is 2. The van der Waals surface area contributed by atoms with E-state index in [0.717, 1.165) is 0 Å². The highest BCUT2D eigenvalue weighted by molar-refractivity contribution is 6.42. The van der Waals surface area contributed by atoms with Crippen LogP contribution in [0.3, 0.4) is 0 Å². The van der Waals surface area contributed by atoms with Gasteiger partial charge in [0.2, 0.25) is 0 Å². The third kappa shape index (κ3) is 7.75. The molecule has 1 atom stereocenters. The minimum Gasteiger partial charge on any atom is -0.444 e. The highest BCUT2D eigenvalue weighted by Crippen LogP contribution is 2.26. The van der Waals surface area contributed by atoms with Crippen LogP contribution in [-0.4, -0.2) is 49.0 Å². The van der Waals surface area contributed by atoms with Gasteiger partial charge in [0.15, 0.2) is 0 Å². The van der Waals surface area contributed by atoms with E-state index in [-0.39, 0.29) is 6.42 Å². The van der Waals surface area contributed by atoms with E-state index in [9.17, 15) is 9.59 Å². The smallest absolute Gasteiger partial charge is 0.408 e. The summed E-state index contributed by atoms with van der Waals surface area (Å²) >= 11 is 12.2. The molecule has 1 rings (SSSR count). The van der Waals surface area contributed by atoms with Crippen molar-refractivity contribution in [1.82, 2.24) is 10.2 Å². The van der Waals surface area contributed by atoms with E-state index in [1.54, 1.807) is 58.0 Å². The van der Waals surface area contributed by atoms with Crippen molar-refractivity contribution in [3.8, 4) is 0 Å². The maximum atomic E-state index is 12.4. The second kappa shape index (κ2) is 9.06. The minimum atomic E-state index is -0.929. The van der Waals surface area contributed by atoms with E-state index in [4.69, 9.17) is 27.9 Å². The first kappa shape index (κ1) is 21.3. The second-order valence-corrected chi connectivity index (χ2v) is 7.45. The lowest BCUT2D eigenvalue weighted by molar-refractivity contribution is -0.119. The molecule has 6 nitrogen and oxygen atoms in total. The van der Waals surface area contributed by atoms with Gasteiger partial charge in [-0.05, 0) is 32.4 Å². The van der Waals surface area contributed by atoms with E-state index in [1.807, 2.05) is 0 Å². The Hall–Kier alpha value is -1.79. The Labute approximate surface area is 158 Å². The average molecular weight is 388 g/mol. The molecule has 1 N–H and O–H groups in total. The molecular weight excluding hydrogens is 365 g/mol. The summed E-state index contributed by atoms with van der Waals surface area (Å²) < 4.78 is 5.21. The lowest BCUT2D eigenvalue weighted by Crippen LogP contribution is -2.44. The molecule has 0 aliphatic carbocycles. The van der Waals surface area contributed by atoms with Crippen LogP contribution in [0.4, 0.5) is 4.79 Å². The fraction of sp³-hybridized carbons (Fsp3) is 0.471. The molecule has 0 aliphatic rings. The van der Waals surface area contributed by atoms with E-state index in [0.29, 0.717) is 15.6 Å². The molecule has 0 heterocycles. The number of alkyl carbamates (subject to hydrolysis) is 1. The predicted octanol–water partition coefficient (Wildman–Crippen LogP) is 3.55. The van der Waals surface area contributed by atoms with Gasteiger partial charge in [-0.3, -0.25) is 4.79 Å². The van der Waals surface area contributed by atoms with E-state index >= 15 is 0 Å². The van der Waals surface area contributed by atoms with E-state index < -0.39 is 23.6 Å². The molecule has 0 saturated carbocycles. The van der Waals surface area contributed by atoms with Crippen molar-refractivity contribution in [2.75, 3.05) is 14.1 Å². The van der Waals surface area contributed by atoms with Gasteiger partial charge in [0.25, 0.3) is 5.91 Å². The molecule has 8 heteroatoms. The first-order valence-electron chi connectivity index (χ1n) is 7.66. The van der Waals surface area contributed by atoms with Crippen molar-refractivity contribution in [3.05, 3.63) is 33.8 Å². The number of ether oxygens (including phenoxy) is 1. The van der Waals surface area contributed by atoms with E-state index in [1.165, 1.54) is 6.34 Å². The van der Waals surface area contributed by atoms with Crippen molar-refractivity contribution < 1.29 is 14.3 Å². The van der Waals surface area contributed by atoms with Gasteiger partial charge in [0.05, 0.1) is 16.4 Å². The Balaban J connectivity index is 3.00. The molecule has 2 amide bonds. The molecule has 1 unspecified atom stereocenters. The molecule has 0 saturated heterocycles. The van der Waals surface area contributed by atoms with Crippen molar-refractivity contribution >= 4 is 41.5 Å². The van der Waals surface area contributed by atoms with Gasteiger partial charge in [-0.25, -0.2) is 9.79 Å². The number of hydrogen-bond donors (Lipinski definition) is 1. The summed E-state index contributed by atoms with van der Waals surface area (Å²) in [6, 6.07) is 4.18. The van der Waals surface area contributed by atoms with Gasteiger partial charge in [0, 0.05) is 20.5 Å². The molecular formula is C17H23Cl2N3O3. The van der Waals surface area contributed by atoms with Crippen LogP contribution in [0.5, 0.6) is 0 Å². The quantitative estimate of drug-likeness (QED) is 0.619. The number of carbonyl (C=O) groups excluding carboxylic acids is 2. The molecule has 25 heavy (non-hydrogen) atoms. The lowest BCUT2D eigenvalue weighted by atomic mass is 10.1. The van der Waals surface area contributed by atoms with Gasteiger partial charge in [-0.1, -0.05) is 35.3 Å². The highest BCUT2D eigenvalue weighted by atomic mass is 35.5. The summed E-state index contributed by atoms with van der Waals surface area (Å²) in [6.07, 6.45) is 0.803. The fourth-order valence-corrected chi connectivity index (χ4v) is 2.24. The van der Waals surface area contributed by atoms with Crippen molar-refractivity contribution in [1.29, 1.82) is 0 Å². The molecule has 0 aromatic heterocycles. The number of amides is 2. The number of nitrogens with one attached hydrogen (secondary N) is 1. The van der Waals surface area contributed by atoms with Crippen LogP contribution in [-0.2, 0) is 16.0 Å². The Morgan fingerprint density at radius 2 is 1.96 bits per heavy atom. The summed E-state index contributed by atoms with van der Waals surface area (Å²) in [6.45, 7) is 5.21. The Morgan fingerprint density at radius 1 is 1.32 bits per heavy atom. The molecule has 0 radical (unpaired) electrons. The van der Waals surface area contributed by atoms with Gasteiger partial charge >= 0.3 is 6.09 Å². The van der Waals surface area contributed by atoms with Crippen LogP contribution in [0.1, 0.15) is 26.3 Å². The number of rotatable bonds is 5. The first-order chi connectivity index (χ1) is 11.5. The zero-order valence-corrected chi connectivity index (χ0v) is 16.5. The van der Waals surface area contributed by atoms with Gasteiger partial charge in [0.1, 0.15) is 11.6 Å². The maximum Gasteiger partial charge on any atom is 0.408 e. The SMILES string of the molecule is CN(C)C=NC(=O)C(Cc1cccc(Cl)c1Cl)NC(=O)OC(C)(C)C. The molecule has 0 spiro atoms. The van der Waals surface area contributed by atoms with Crippen LogP contribution in [0.2, 0.25) is 10.0 Å². The summed E-state index contributed by atoms with van der Waals surface area (Å²) in [5.74, 6) is -0.518. The zero-order valence-electron chi connectivity index (χ0n) is 15.0. The summed E-state index contributed by atoms with van der Waals surface area (Å²) in [5, 5.41) is 3.26. The number of hydrogen-bond acceptors (Lipinski definition) is 3. The van der Waals surface area contributed by atoms with Crippen LogP contribution in [0.25, 0.3) is 0 Å². The number of benzene rings is 1. The molecule has 0 aliphatic heterocycles. The molecule has 0 bridgehead atoms. The summed E-state index contributed by atoms with van der Waals surface area (Å²) in [4.78, 5) is 29.9. The van der Waals surface area contributed by atoms with Crippen LogP contribution in [0.15, 0.2) is 23.2 Å². The monoisotopic (exact) mass is 387 g/mol. The largest absolute Gasteiger partial charge is 0.444 e. The normalized spacial score (nSPS) is 12.8. The number of carbonyl (C=O) groups is 2. The summed E-state index contributed by atoms with van der Waals surface area (Å²) in [7, 11) is 3.47. The molecule has 1 aromatic carbocycles. The molecule has 1 aromatic rings. The second-order valence-electron chi connectivity index (χ2n) is 6.66. The topological polar surface area (TPSA) is 71.0 Å². The van der Waals surface area contributed by atoms with Crippen LogP contribution < -0.4 is 5.32 Å². The number of aliphatic imine (C=N–C) groups is 1. The first-order valence-corrected chi connectivity index (χ1v) is 8.42. The maximum absolute atomic E-state index is 12.4. The molecule has 138 valence electrons. The lowest BCUT2D eigenvalue weighted by Gasteiger charge is -2.22. The minimum absolute atomic E-state index is 0.141. The van der Waals surface area contributed by atoms with Crippen molar-refractivity contribution in [2.45, 2.75) is 38.8 Å². The Morgan fingerprint density at radius 3 is 2.52 bits per heavy atom. The third-order valence-electron chi connectivity index (χ3n) is 2.86. The summed E-state index contributed by atoms with van der Waals surface area (Å²) in [5.41, 5.74) is -0.0539. The Kier molecular flexibility index (Phi) is 7.70. The highest BCUT2D eigenvalue weighted by Gasteiger charge is 2.25. The Bertz CT molecular complexity index is 655. The van der Waals surface area contributed by atoms with Crippen LogP contribution >= 0.6 is 23.2 Å². The zero-order chi connectivity index (χ0) is 19.2. The van der Waals surface area contributed by atoms with Gasteiger partial charge in [-0.2, -0.15) is 0 Å². The van der Waals surface area contributed by atoms with Crippen molar-refractivity contribution in [3.63, 3.8) is 0 Å².